The number of carbonyl (C=O) groups excluding carboxylic acids is 1. The molecule has 1 N–H and O–H groups in total. The number of benzene rings is 3. The molecule has 0 saturated heterocycles. The van der Waals surface area contributed by atoms with Gasteiger partial charge in [-0.2, -0.15) is 5.26 Å². The maximum atomic E-state index is 12.9. The lowest BCUT2D eigenvalue weighted by atomic mass is 10.1. The highest BCUT2D eigenvalue weighted by Crippen LogP contribution is 2.28. The molecule has 0 aliphatic rings. The van der Waals surface area contributed by atoms with Gasteiger partial charge in [-0.05, 0) is 56.2 Å². The van der Waals surface area contributed by atoms with Gasteiger partial charge in [0.2, 0.25) is 5.91 Å². The Labute approximate surface area is 208 Å². The predicted octanol–water partition coefficient (Wildman–Crippen LogP) is 5.45. The Morgan fingerprint density at radius 2 is 1.71 bits per heavy atom. The standard InChI is InChI=1S/C27H25N5O2S/c1-18-10-9-11-19(2)25(18)34-17-24-30-31-27(32(24)22-13-5-4-6-14-22)35-20(3)26(33)29-23-15-8-7-12-21(23)16-28/h4-15,20H,17H2,1-3H3,(H,29,33). The number of ether oxygens (including phenoxy) is 1. The van der Waals surface area contributed by atoms with Crippen LogP contribution in [-0.4, -0.2) is 25.9 Å². The van der Waals surface area contributed by atoms with Gasteiger partial charge in [-0.25, -0.2) is 0 Å². The number of nitrogens with one attached hydrogen (secondary N) is 1. The van der Waals surface area contributed by atoms with Gasteiger partial charge >= 0.3 is 0 Å². The van der Waals surface area contributed by atoms with Crippen molar-refractivity contribution < 1.29 is 9.53 Å². The lowest BCUT2D eigenvalue weighted by molar-refractivity contribution is -0.115. The van der Waals surface area contributed by atoms with Crippen LogP contribution >= 0.6 is 11.8 Å². The van der Waals surface area contributed by atoms with E-state index in [0.29, 0.717) is 22.2 Å². The average Bonchev–Trinajstić information content (AvgIpc) is 3.26. The molecule has 1 aromatic heterocycles. The zero-order chi connectivity index (χ0) is 24.8. The minimum Gasteiger partial charge on any atom is -0.485 e. The molecule has 1 atom stereocenters. The van der Waals surface area contributed by atoms with Crippen molar-refractivity contribution in [1.29, 1.82) is 5.26 Å². The van der Waals surface area contributed by atoms with Crippen molar-refractivity contribution in [3.05, 3.63) is 95.3 Å². The minimum absolute atomic E-state index is 0.226. The Balaban J connectivity index is 1.57. The largest absolute Gasteiger partial charge is 0.485 e. The third-order valence-electron chi connectivity index (χ3n) is 5.43. The molecule has 1 unspecified atom stereocenters. The molecule has 35 heavy (non-hydrogen) atoms. The summed E-state index contributed by atoms with van der Waals surface area (Å²) in [6.45, 7) is 6.04. The SMILES string of the molecule is Cc1cccc(C)c1OCc1nnc(SC(C)C(=O)Nc2ccccc2C#N)n1-c1ccccc1. The van der Waals surface area contributed by atoms with Crippen molar-refractivity contribution >= 4 is 23.4 Å². The smallest absolute Gasteiger partial charge is 0.237 e. The van der Waals surface area contributed by atoms with E-state index in [2.05, 4.69) is 21.6 Å². The van der Waals surface area contributed by atoms with Crippen molar-refractivity contribution in [3.8, 4) is 17.5 Å². The molecule has 0 saturated carbocycles. The second kappa shape index (κ2) is 10.9. The van der Waals surface area contributed by atoms with E-state index in [4.69, 9.17) is 4.74 Å². The van der Waals surface area contributed by atoms with E-state index in [0.717, 1.165) is 22.6 Å². The van der Waals surface area contributed by atoms with E-state index in [1.165, 1.54) is 11.8 Å². The maximum absolute atomic E-state index is 12.9. The summed E-state index contributed by atoms with van der Waals surface area (Å²) in [6, 6.07) is 24.8. The first-order valence-corrected chi connectivity index (χ1v) is 12.0. The molecular formula is C27H25N5O2S. The second-order valence-electron chi connectivity index (χ2n) is 7.99. The van der Waals surface area contributed by atoms with E-state index >= 15 is 0 Å². The lowest BCUT2D eigenvalue weighted by Gasteiger charge is -2.15. The predicted molar refractivity (Wildman–Crippen MR) is 137 cm³/mol. The van der Waals surface area contributed by atoms with E-state index in [1.807, 2.05) is 66.9 Å². The third kappa shape index (κ3) is 5.53. The van der Waals surface area contributed by atoms with E-state index in [9.17, 15) is 10.1 Å². The first kappa shape index (κ1) is 24.0. The van der Waals surface area contributed by atoms with E-state index in [-0.39, 0.29) is 12.5 Å². The normalized spacial score (nSPS) is 11.5. The quantitative estimate of drug-likeness (QED) is 0.335. The van der Waals surface area contributed by atoms with Crippen molar-refractivity contribution in [1.82, 2.24) is 14.8 Å². The van der Waals surface area contributed by atoms with Crippen LogP contribution < -0.4 is 10.1 Å². The Bertz CT molecular complexity index is 1360. The van der Waals surface area contributed by atoms with Crippen LogP contribution in [0, 0.1) is 25.2 Å². The van der Waals surface area contributed by atoms with Crippen molar-refractivity contribution in [2.45, 2.75) is 37.8 Å². The molecule has 176 valence electrons. The van der Waals surface area contributed by atoms with Crippen molar-refractivity contribution in [2.24, 2.45) is 0 Å². The summed E-state index contributed by atoms with van der Waals surface area (Å²) in [5.74, 6) is 1.23. The molecule has 0 spiro atoms. The molecule has 0 fully saturated rings. The monoisotopic (exact) mass is 483 g/mol. The number of rotatable bonds is 8. The summed E-state index contributed by atoms with van der Waals surface area (Å²) in [5.41, 5.74) is 3.88. The van der Waals surface area contributed by atoms with Gasteiger partial charge in [0.05, 0.1) is 16.5 Å². The molecule has 4 rings (SSSR count). The molecule has 0 aliphatic carbocycles. The van der Waals surface area contributed by atoms with Crippen LogP contribution in [0.15, 0.2) is 78.0 Å². The van der Waals surface area contributed by atoms with Gasteiger partial charge in [0.15, 0.2) is 11.0 Å². The summed E-state index contributed by atoms with van der Waals surface area (Å²) in [4.78, 5) is 12.9. The number of carbonyl (C=O) groups is 1. The van der Waals surface area contributed by atoms with Gasteiger partial charge in [0.25, 0.3) is 0 Å². The highest BCUT2D eigenvalue weighted by molar-refractivity contribution is 8.00. The molecule has 1 amide bonds. The van der Waals surface area contributed by atoms with Crippen LogP contribution in [0.3, 0.4) is 0 Å². The summed E-state index contributed by atoms with van der Waals surface area (Å²) < 4.78 is 8.05. The number of para-hydroxylation sites is 3. The molecule has 8 heteroatoms. The zero-order valence-corrected chi connectivity index (χ0v) is 20.5. The Morgan fingerprint density at radius 1 is 1.03 bits per heavy atom. The molecule has 7 nitrogen and oxygen atoms in total. The Morgan fingerprint density at radius 3 is 2.43 bits per heavy atom. The second-order valence-corrected chi connectivity index (χ2v) is 9.29. The molecular weight excluding hydrogens is 458 g/mol. The van der Waals surface area contributed by atoms with Gasteiger partial charge in [0, 0.05) is 5.69 Å². The maximum Gasteiger partial charge on any atom is 0.237 e. The third-order valence-corrected chi connectivity index (χ3v) is 6.47. The summed E-state index contributed by atoms with van der Waals surface area (Å²) in [6.07, 6.45) is 0. The van der Waals surface area contributed by atoms with Crippen LogP contribution in [0.25, 0.3) is 5.69 Å². The van der Waals surface area contributed by atoms with Gasteiger partial charge in [0.1, 0.15) is 18.4 Å². The highest BCUT2D eigenvalue weighted by Gasteiger charge is 2.22. The molecule has 0 radical (unpaired) electrons. The molecule has 4 aromatic rings. The summed E-state index contributed by atoms with van der Waals surface area (Å²) in [5, 5.41) is 21.0. The number of aromatic nitrogens is 3. The fraction of sp³-hybridized carbons (Fsp3) is 0.185. The van der Waals surface area contributed by atoms with Gasteiger partial charge in [-0.1, -0.05) is 60.3 Å². The number of nitriles is 1. The van der Waals surface area contributed by atoms with Crippen LogP contribution in [0.5, 0.6) is 5.75 Å². The lowest BCUT2D eigenvalue weighted by Crippen LogP contribution is -2.23. The fourth-order valence-corrected chi connectivity index (χ4v) is 4.49. The van der Waals surface area contributed by atoms with Crippen molar-refractivity contribution in [3.63, 3.8) is 0 Å². The van der Waals surface area contributed by atoms with Gasteiger partial charge < -0.3 is 10.1 Å². The van der Waals surface area contributed by atoms with Gasteiger partial charge in [-0.15, -0.1) is 10.2 Å². The first-order valence-electron chi connectivity index (χ1n) is 11.1. The molecule has 0 aliphatic heterocycles. The van der Waals surface area contributed by atoms with E-state index in [1.54, 1.807) is 31.2 Å². The average molecular weight is 484 g/mol. The molecule has 1 heterocycles. The first-order chi connectivity index (χ1) is 17.0. The number of hydrogen-bond acceptors (Lipinski definition) is 6. The number of anilines is 1. The number of hydrogen-bond donors (Lipinski definition) is 1. The Hall–Kier alpha value is -4.09. The van der Waals surface area contributed by atoms with Crippen LogP contribution in [0.1, 0.15) is 29.4 Å². The Kier molecular flexibility index (Phi) is 7.48. The summed E-state index contributed by atoms with van der Waals surface area (Å²) >= 11 is 1.29. The topological polar surface area (TPSA) is 92.8 Å². The number of amides is 1. The number of thioether (sulfide) groups is 1. The molecule has 3 aromatic carbocycles. The van der Waals surface area contributed by atoms with Gasteiger partial charge in [-0.3, -0.25) is 9.36 Å². The van der Waals surface area contributed by atoms with Crippen LogP contribution in [0.2, 0.25) is 0 Å². The highest BCUT2D eigenvalue weighted by atomic mass is 32.2. The van der Waals surface area contributed by atoms with Crippen LogP contribution in [0.4, 0.5) is 5.69 Å². The zero-order valence-electron chi connectivity index (χ0n) is 19.7. The fourth-order valence-electron chi connectivity index (χ4n) is 3.61. The van der Waals surface area contributed by atoms with E-state index < -0.39 is 5.25 Å². The number of nitrogens with zero attached hydrogens (tertiary/aromatic N) is 4. The minimum atomic E-state index is -0.485. The van der Waals surface area contributed by atoms with Crippen LogP contribution in [-0.2, 0) is 11.4 Å². The molecule has 0 bridgehead atoms. The summed E-state index contributed by atoms with van der Waals surface area (Å²) in [7, 11) is 0. The van der Waals surface area contributed by atoms with Crippen molar-refractivity contribution in [2.75, 3.05) is 5.32 Å². The number of aryl methyl sites for hydroxylation is 2.